The third-order valence-corrected chi connectivity index (χ3v) is 5.24. The number of rotatable bonds is 4. The molecule has 0 unspecified atom stereocenters. The minimum Gasteiger partial charge on any atom is -0.337 e. The summed E-state index contributed by atoms with van der Waals surface area (Å²) in [6.45, 7) is 1.34. The third kappa shape index (κ3) is 3.98. The van der Waals surface area contributed by atoms with Crippen molar-refractivity contribution in [2.24, 2.45) is 0 Å². The van der Waals surface area contributed by atoms with E-state index in [2.05, 4.69) is 5.32 Å². The average Bonchev–Trinajstić information content (AvgIpc) is 2.82. The van der Waals surface area contributed by atoms with E-state index in [1.54, 1.807) is 12.1 Å². The molecule has 0 bridgehead atoms. The zero-order valence-electron chi connectivity index (χ0n) is 12.1. The van der Waals surface area contributed by atoms with Gasteiger partial charge in [-0.15, -0.1) is 0 Å². The summed E-state index contributed by atoms with van der Waals surface area (Å²) in [5.74, 6) is 2.40. The molecule has 2 aliphatic heterocycles. The van der Waals surface area contributed by atoms with Crippen LogP contribution < -0.4 is 5.32 Å². The summed E-state index contributed by atoms with van der Waals surface area (Å²) in [6.07, 6.45) is 2.99. The molecule has 114 valence electrons. The molecule has 3 rings (SSSR count). The fraction of sp³-hybridized carbons (Fsp3) is 0.562. The number of nitrogens with zero attached hydrogens (tertiary/aromatic N) is 1. The number of nitrogens with one attached hydrogen (secondary N) is 1. The van der Waals surface area contributed by atoms with Crippen LogP contribution in [0.4, 0.5) is 4.39 Å². The second-order valence-electron chi connectivity index (χ2n) is 5.86. The Kier molecular flexibility index (Phi) is 4.80. The van der Waals surface area contributed by atoms with Gasteiger partial charge in [-0.05, 0) is 42.0 Å². The molecule has 5 heteroatoms. The maximum atomic E-state index is 12.9. The van der Waals surface area contributed by atoms with Gasteiger partial charge < -0.3 is 10.2 Å². The maximum Gasteiger partial charge on any atom is 0.224 e. The molecule has 2 fully saturated rings. The fourth-order valence-corrected chi connectivity index (χ4v) is 4.15. The number of carbonyl (C=O) groups excluding carboxylic acids is 1. The number of halogens is 1. The van der Waals surface area contributed by atoms with E-state index in [0.717, 1.165) is 12.1 Å². The zero-order chi connectivity index (χ0) is 14.7. The number of carbonyl (C=O) groups is 1. The molecule has 2 aliphatic rings. The van der Waals surface area contributed by atoms with Crippen molar-refractivity contribution < 1.29 is 9.18 Å². The maximum absolute atomic E-state index is 12.9. The number of hydrogen-bond acceptors (Lipinski definition) is 3. The molecule has 1 amide bonds. The average molecular weight is 308 g/mol. The summed E-state index contributed by atoms with van der Waals surface area (Å²) < 4.78 is 12.9. The monoisotopic (exact) mass is 308 g/mol. The van der Waals surface area contributed by atoms with Crippen LogP contribution in [0.15, 0.2) is 24.3 Å². The first-order valence-corrected chi connectivity index (χ1v) is 8.72. The lowest BCUT2D eigenvalue weighted by atomic mass is 10.1. The Morgan fingerprint density at radius 2 is 1.90 bits per heavy atom. The van der Waals surface area contributed by atoms with Gasteiger partial charge in [0.25, 0.3) is 0 Å². The predicted molar refractivity (Wildman–Crippen MR) is 83.7 cm³/mol. The highest BCUT2D eigenvalue weighted by Gasteiger charge is 2.31. The van der Waals surface area contributed by atoms with Gasteiger partial charge in [-0.3, -0.25) is 4.79 Å². The van der Waals surface area contributed by atoms with Gasteiger partial charge >= 0.3 is 0 Å². The summed E-state index contributed by atoms with van der Waals surface area (Å²) >= 11 is 2.01. The van der Waals surface area contributed by atoms with E-state index in [1.807, 2.05) is 16.7 Å². The molecule has 2 heterocycles. The van der Waals surface area contributed by atoms with Crippen LogP contribution in [-0.2, 0) is 11.3 Å². The third-order valence-electron chi connectivity index (χ3n) is 4.19. The minimum atomic E-state index is -0.235. The number of benzene rings is 1. The van der Waals surface area contributed by atoms with E-state index < -0.39 is 0 Å². The van der Waals surface area contributed by atoms with Gasteiger partial charge in [-0.1, -0.05) is 12.1 Å². The SMILES string of the molecule is O=C1C[C@H](NC2CCSCC2)CN1Cc1ccc(F)cc1. The summed E-state index contributed by atoms with van der Waals surface area (Å²) in [7, 11) is 0. The Balaban J connectivity index is 1.53. The molecular formula is C16H21FN2OS. The molecule has 1 atom stereocenters. The first kappa shape index (κ1) is 14.9. The Labute approximate surface area is 129 Å². The Morgan fingerprint density at radius 1 is 1.19 bits per heavy atom. The van der Waals surface area contributed by atoms with Crippen molar-refractivity contribution >= 4 is 17.7 Å². The molecular weight excluding hydrogens is 287 g/mol. The fourth-order valence-electron chi connectivity index (χ4n) is 3.04. The second-order valence-corrected chi connectivity index (χ2v) is 7.08. The van der Waals surface area contributed by atoms with Crippen molar-refractivity contribution in [3.05, 3.63) is 35.6 Å². The number of thioether (sulfide) groups is 1. The van der Waals surface area contributed by atoms with Crippen LogP contribution in [0.25, 0.3) is 0 Å². The molecule has 2 saturated heterocycles. The van der Waals surface area contributed by atoms with E-state index in [9.17, 15) is 9.18 Å². The smallest absolute Gasteiger partial charge is 0.224 e. The molecule has 0 radical (unpaired) electrons. The second kappa shape index (κ2) is 6.79. The van der Waals surface area contributed by atoms with E-state index in [4.69, 9.17) is 0 Å². The van der Waals surface area contributed by atoms with Gasteiger partial charge in [0.15, 0.2) is 0 Å². The van der Waals surface area contributed by atoms with Crippen molar-refractivity contribution in [3.63, 3.8) is 0 Å². The lowest BCUT2D eigenvalue weighted by Crippen LogP contribution is -2.41. The highest BCUT2D eigenvalue weighted by molar-refractivity contribution is 7.99. The first-order chi connectivity index (χ1) is 10.2. The normalized spacial score (nSPS) is 23.8. The first-order valence-electron chi connectivity index (χ1n) is 7.57. The van der Waals surface area contributed by atoms with Gasteiger partial charge in [0.2, 0.25) is 5.91 Å². The van der Waals surface area contributed by atoms with Crippen molar-refractivity contribution in [2.75, 3.05) is 18.1 Å². The number of likely N-dealkylation sites (tertiary alicyclic amines) is 1. The van der Waals surface area contributed by atoms with Crippen molar-refractivity contribution in [1.29, 1.82) is 0 Å². The van der Waals surface area contributed by atoms with E-state index >= 15 is 0 Å². The molecule has 3 nitrogen and oxygen atoms in total. The van der Waals surface area contributed by atoms with Crippen molar-refractivity contribution in [1.82, 2.24) is 10.2 Å². The van der Waals surface area contributed by atoms with Gasteiger partial charge in [0, 0.05) is 31.6 Å². The molecule has 1 N–H and O–H groups in total. The Hall–Kier alpha value is -1.07. The largest absolute Gasteiger partial charge is 0.337 e. The van der Waals surface area contributed by atoms with Gasteiger partial charge in [0.1, 0.15) is 5.82 Å². The molecule has 21 heavy (non-hydrogen) atoms. The number of hydrogen-bond donors (Lipinski definition) is 1. The van der Waals surface area contributed by atoms with Crippen LogP contribution in [0, 0.1) is 5.82 Å². The number of amides is 1. The van der Waals surface area contributed by atoms with Crippen molar-refractivity contribution in [2.45, 2.75) is 37.9 Å². The zero-order valence-corrected chi connectivity index (χ0v) is 12.9. The van der Waals surface area contributed by atoms with E-state index in [0.29, 0.717) is 19.0 Å². The minimum absolute atomic E-state index is 0.196. The molecule has 1 aromatic carbocycles. The van der Waals surface area contributed by atoms with Crippen LogP contribution >= 0.6 is 11.8 Å². The van der Waals surface area contributed by atoms with Crippen molar-refractivity contribution in [3.8, 4) is 0 Å². The van der Waals surface area contributed by atoms with Crippen LogP contribution in [0.1, 0.15) is 24.8 Å². The molecule has 0 aromatic heterocycles. The van der Waals surface area contributed by atoms with Gasteiger partial charge in [-0.2, -0.15) is 11.8 Å². The molecule has 0 saturated carbocycles. The lowest BCUT2D eigenvalue weighted by Gasteiger charge is -2.26. The topological polar surface area (TPSA) is 32.3 Å². The highest BCUT2D eigenvalue weighted by atomic mass is 32.2. The molecule has 0 aliphatic carbocycles. The summed E-state index contributed by atoms with van der Waals surface area (Å²) in [5, 5.41) is 3.64. The van der Waals surface area contributed by atoms with Gasteiger partial charge in [0.05, 0.1) is 0 Å². The summed E-state index contributed by atoms with van der Waals surface area (Å²) in [4.78, 5) is 14.0. The summed E-state index contributed by atoms with van der Waals surface area (Å²) in [6, 6.07) is 7.24. The predicted octanol–water partition coefficient (Wildman–Crippen LogP) is 2.41. The Morgan fingerprint density at radius 3 is 2.62 bits per heavy atom. The van der Waals surface area contributed by atoms with E-state index in [1.165, 1.54) is 36.5 Å². The van der Waals surface area contributed by atoms with Crippen LogP contribution in [0.3, 0.4) is 0 Å². The standard InChI is InChI=1S/C16H21FN2OS/c17-13-3-1-12(2-4-13)10-19-11-15(9-16(19)20)18-14-5-7-21-8-6-14/h1-4,14-15,18H,5-11H2/t15-/m0/s1. The quantitative estimate of drug-likeness (QED) is 0.927. The molecule has 0 spiro atoms. The highest BCUT2D eigenvalue weighted by Crippen LogP contribution is 2.20. The lowest BCUT2D eigenvalue weighted by molar-refractivity contribution is -0.128. The Bertz CT molecular complexity index is 488. The van der Waals surface area contributed by atoms with Crippen LogP contribution in [0.2, 0.25) is 0 Å². The van der Waals surface area contributed by atoms with Crippen LogP contribution in [0.5, 0.6) is 0 Å². The summed E-state index contributed by atoms with van der Waals surface area (Å²) in [5.41, 5.74) is 0.986. The van der Waals surface area contributed by atoms with Gasteiger partial charge in [-0.25, -0.2) is 4.39 Å². The molecule has 1 aromatic rings. The van der Waals surface area contributed by atoms with Crippen LogP contribution in [-0.4, -0.2) is 40.9 Å². The van der Waals surface area contributed by atoms with E-state index in [-0.39, 0.29) is 17.8 Å².